The Morgan fingerprint density at radius 2 is 2.20 bits per heavy atom. The highest BCUT2D eigenvalue weighted by molar-refractivity contribution is 9.10. The fourth-order valence-corrected chi connectivity index (χ4v) is 3.04. The van der Waals surface area contributed by atoms with E-state index < -0.39 is 0 Å². The molecule has 0 bridgehead atoms. The first kappa shape index (κ1) is 13.6. The quantitative estimate of drug-likeness (QED) is 0.919. The van der Waals surface area contributed by atoms with Crippen molar-refractivity contribution in [3.05, 3.63) is 45.4 Å². The van der Waals surface area contributed by atoms with Crippen LogP contribution in [0.1, 0.15) is 28.9 Å². The molecule has 1 aromatic carbocycles. The van der Waals surface area contributed by atoms with Crippen LogP contribution in [0.4, 0.5) is 5.13 Å². The summed E-state index contributed by atoms with van der Waals surface area (Å²) in [7, 11) is 0. The molecule has 104 valence electrons. The smallest absolute Gasteiger partial charge is 0.273 e. The van der Waals surface area contributed by atoms with Crippen molar-refractivity contribution in [2.75, 3.05) is 5.73 Å². The van der Waals surface area contributed by atoms with E-state index in [1.807, 2.05) is 29.2 Å². The van der Waals surface area contributed by atoms with Gasteiger partial charge < -0.3 is 10.6 Å². The monoisotopic (exact) mass is 351 g/mol. The molecule has 0 aliphatic heterocycles. The lowest BCUT2D eigenvalue weighted by Crippen LogP contribution is -2.33. The number of nitrogens with zero attached hydrogens (tertiary/aromatic N) is 2. The summed E-state index contributed by atoms with van der Waals surface area (Å²) in [5, 5.41) is 2.16. The van der Waals surface area contributed by atoms with Gasteiger partial charge in [0.2, 0.25) is 0 Å². The highest BCUT2D eigenvalue weighted by atomic mass is 79.9. The summed E-state index contributed by atoms with van der Waals surface area (Å²) >= 11 is 4.83. The van der Waals surface area contributed by atoms with Gasteiger partial charge in [0, 0.05) is 22.4 Å². The third-order valence-electron chi connectivity index (χ3n) is 3.29. The average molecular weight is 352 g/mol. The molecule has 1 fully saturated rings. The van der Waals surface area contributed by atoms with Gasteiger partial charge >= 0.3 is 0 Å². The van der Waals surface area contributed by atoms with E-state index in [1.54, 1.807) is 5.38 Å². The maximum absolute atomic E-state index is 12.6. The Labute approximate surface area is 129 Å². The second-order valence-corrected chi connectivity index (χ2v) is 6.57. The number of aromatic nitrogens is 1. The minimum absolute atomic E-state index is 0.0313. The summed E-state index contributed by atoms with van der Waals surface area (Å²) in [6.07, 6.45) is 2.13. The summed E-state index contributed by atoms with van der Waals surface area (Å²) < 4.78 is 1.02. The number of thiazole rings is 1. The van der Waals surface area contributed by atoms with Gasteiger partial charge in [-0.1, -0.05) is 34.1 Å². The number of carbonyl (C=O) groups is 1. The number of hydrogen-bond donors (Lipinski definition) is 1. The molecular weight excluding hydrogens is 338 g/mol. The van der Waals surface area contributed by atoms with E-state index in [0.717, 1.165) is 22.9 Å². The summed E-state index contributed by atoms with van der Waals surface area (Å²) in [5.74, 6) is -0.0313. The van der Waals surface area contributed by atoms with E-state index >= 15 is 0 Å². The van der Waals surface area contributed by atoms with Crippen molar-refractivity contribution in [2.24, 2.45) is 0 Å². The predicted molar refractivity (Wildman–Crippen MR) is 83.6 cm³/mol. The molecule has 2 aromatic rings. The fourth-order valence-electron chi connectivity index (χ4n) is 2.10. The van der Waals surface area contributed by atoms with Crippen LogP contribution in [0.25, 0.3) is 0 Å². The van der Waals surface area contributed by atoms with Crippen LogP contribution in [-0.4, -0.2) is 21.8 Å². The number of benzene rings is 1. The highest BCUT2D eigenvalue weighted by Crippen LogP contribution is 2.31. The van der Waals surface area contributed by atoms with E-state index in [0.29, 0.717) is 23.4 Å². The Kier molecular flexibility index (Phi) is 3.76. The molecule has 0 saturated heterocycles. The predicted octanol–water partition coefficient (Wildman–Crippen LogP) is 3.29. The van der Waals surface area contributed by atoms with Gasteiger partial charge in [-0.3, -0.25) is 4.79 Å². The van der Waals surface area contributed by atoms with Gasteiger partial charge in [0.1, 0.15) is 5.69 Å². The van der Waals surface area contributed by atoms with Crippen molar-refractivity contribution in [2.45, 2.75) is 25.4 Å². The zero-order valence-electron chi connectivity index (χ0n) is 10.8. The molecule has 1 heterocycles. The van der Waals surface area contributed by atoms with Crippen LogP contribution in [-0.2, 0) is 6.54 Å². The fraction of sp³-hybridized carbons (Fsp3) is 0.286. The molecule has 1 aromatic heterocycles. The van der Waals surface area contributed by atoms with Crippen LogP contribution in [0, 0.1) is 0 Å². The zero-order valence-corrected chi connectivity index (χ0v) is 13.2. The number of nitrogens with two attached hydrogens (primary N) is 1. The molecule has 1 aliphatic carbocycles. The molecule has 1 aliphatic rings. The second kappa shape index (κ2) is 5.54. The summed E-state index contributed by atoms with van der Waals surface area (Å²) in [6, 6.07) is 8.31. The van der Waals surface area contributed by atoms with E-state index in [9.17, 15) is 4.79 Å². The summed E-state index contributed by atoms with van der Waals surface area (Å²) in [6.45, 7) is 0.600. The van der Waals surface area contributed by atoms with E-state index in [2.05, 4.69) is 20.9 Å². The molecule has 0 spiro atoms. The first-order valence-corrected chi connectivity index (χ1v) is 8.08. The molecule has 20 heavy (non-hydrogen) atoms. The lowest BCUT2D eigenvalue weighted by molar-refractivity contribution is 0.0724. The van der Waals surface area contributed by atoms with Crippen LogP contribution in [0.3, 0.4) is 0 Å². The van der Waals surface area contributed by atoms with Crippen molar-refractivity contribution in [3.63, 3.8) is 0 Å². The van der Waals surface area contributed by atoms with Crippen molar-refractivity contribution < 1.29 is 4.79 Å². The summed E-state index contributed by atoms with van der Waals surface area (Å²) in [5.41, 5.74) is 7.17. The lowest BCUT2D eigenvalue weighted by atomic mass is 10.2. The Morgan fingerprint density at radius 3 is 2.80 bits per heavy atom. The van der Waals surface area contributed by atoms with Crippen molar-refractivity contribution in [1.29, 1.82) is 0 Å². The Hall–Kier alpha value is -1.40. The van der Waals surface area contributed by atoms with E-state index in [4.69, 9.17) is 5.73 Å². The van der Waals surface area contributed by atoms with Gasteiger partial charge in [-0.2, -0.15) is 0 Å². The summed E-state index contributed by atoms with van der Waals surface area (Å²) in [4.78, 5) is 18.6. The van der Waals surface area contributed by atoms with Gasteiger partial charge in [-0.25, -0.2) is 4.98 Å². The second-order valence-electron chi connectivity index (χ2n) is 4.83. The van der Waals surface area contributed by atoms with Crippen LogP contribution in [0.2, 0.25) is 0 Å². The standard InChI is InChI=1S/C14H14BrN3OS/c15-11-4-2-1-3-9(11)7-18(10-5-6-10)13(19)12-8-20-14(16)17-12/h1-4,8,10H,5-7H2,(H2,16,17). The van der Waals surface area contributed by atoms with Gasteiger partial charge in [-0.05, 0) is 24.5 Å². The number of anilines is 1. The molecule has 3 rings (SSSR count). The van der Waals surface area contributed by atoms with Gasteiger partial charge in [0.05, 0.1) is 0 Å². The molecule has 0 atom stereocenters. The molecule has 1 saturated carbocycles. The molecular formula is C14H14BrN3OS. The normalized spacial score (nSPS) is 14.2. The minimum atomic E-state index is -0.0313. The van der Waals surface area contributed by atoms with Crippen LogP contribution in [0.15, 0.2) is 34.1 Å². The third-order valence-corrected chi connectivity index (χ3v) is 4.74. The van der Waals surface area contributed by atoms with Crippen molar-refractivity contribution in [1.82, 2.24) is 9.88 Å². The Morgan fingerprint density at radius 1 is 1.45 bits per heavy atom. The van der Waals surface area contributed by atoms with Crippen molar-refractivity contribution >= 4 is 38.3 Å². The Bertz CT molecular complexity index is 639. The number of halogens is 1. The van der Waals surface area contributed by atoms with E-state index in [1.165, 1.54) is 11.3 Å². The maximum Gasteiger partial charge on any atom is 0.273 e. The number of amides is 1. The lowest BCUT2D eigenvalue weighted by Gasteiger charge is -2.22. The van der Waals surface area contributed by atoms with Crippen LogP contribution in [0.5, 0.6) is 0 Å². The first-order chi connectivity index (χ1) is 9.65. The minimum Gasteiger partial charge on any atom is -0.375 e. The first-order valence-electron chi connectivity index (χ1n) is 6.40. The van der Waals surface area contributed by atoms with Gasteiger partial charge in [-0.15, -0.1) is 11.3 Å². The number of hydrogen-bond acceptors (Lipinski definition) is 4. The van der Waals surface area contributed by atoms with Gasteiger partial charge in [0.15, 0.2) is 5.13 Å². The zero-order chi connectivity index (χ0) is 14.1. The topological polar surface area (TPSA) is 59.2 Å². The number of nitrogen functional groups attached to an aromatic ring is 1. The Balaban J connectivity index is 1.83. The van der Waals surface area contributed by atoms with Crippen LogP contribution >= 0.6 is 27.3 Å². The average Bonchev–Trinajstić information content (AvgIpc) is 3.18. The molecule has 1 amide bonds. The molecule has 0 radical (unpaired) electrons. The maximum atomic E-state index is 12.6. The number of carbonyl (C=O) groups excluding carboxylic acids is 1. The third kappa shape index (κ3) is 2.86. The molecule has 0 unspecified atom stereocenters. The van der Waals surface area contributed by atoms with Crippen molar-refractivity contribution in [3.8, 4) is 0 Å². The van der Waals surface area contributed by atoms with Crippen LogP contribution < -0.4 is 5.73 Å². The highest BCUT2D eigenvalue weighted by Gasteiger charge is 2.34. The van der Waals surface area contributed by atoms with E-state index in [-0.39, 0.29) is 5.91 Å². The largest absolute Gasteiger partial charge is 0.375 e. The van der Waals surface area contributed by atoms with Gasteiger partial charge in [0.25, 0.3) is 5.91 Å². The molecule has 2 N–H and O–H groups in total. The molecule has 4 nitrogen and oxygen atoms in total. The number of rotatable bonds is 4. The molecule has 6 heteroatoms. The SMILES string of the molecule is Nc1nc(C(=O)N(Cc2ccccc2Br)C2CC2)cs1.